The zero-order valence-electron chi connectivity index (χ0n) is 14.5. The Kier molecular flexibility index (Phi) is 9.03. The van der Waals surface area contributed by atoms with Crippen molar-refractivity contribution < 1.29 is 19.1 Å². The van der Waals surface area contributed by atoms with E-state index in [9.17, 15) is 9.59 Å². The fourth-order valence-electron chi connectivity index (χ4n) is 2.16. The topological polar surface area (TPSA) is 52.6 Å². The third-order valence-corrected chi connectivity index (χ3v) is 3.36. The molecular weight excluding hydrogens is 292 g/mol. The van der Waals surface area contributed by atoms with Gasteiger partial charge in [0.05, 0.1) is 0 Å². The third kappa shape index (κ3) is 8.38. The van der Waals surface area contributed by atoms with Crippen LogP contribution in [0.3, 0.4) is 0 Å². The van der Waals surface area contributed by atoms with Crippen molar-refractivity contribution in [2.45, 2.75) is 65.7 Å². The molecule has 4 heteroatoms. The number of para-hydroxylation sites is 2. The van der Waals surface area contributed by atoms with E-state index in [2.05, 4.69) is 6.92 Å². The zero-order valence-corrected chi connectivity index (χ0v) is 14.5. The summed E-state index contributed by atoms with van der Waals surface area (Å²) in [6.07, 6.45) is 6.11. The van der Waals surface area contributed by atoms with Gasteiger partial charge in [-0.05, 0) is 24.5 Å². The molecule has 1 aromatic rings. The number of benzene rings is 1. The van der Waals surface area contributed by atoms with Crippen molar-refractivity contribution in [3.63, 3.8) is 0 Å². The Balaban J connectivity index is 2.49. The number of carbonyl (C=O) groups is 2. The van der Waals surface area contributed by atoms with E-state index in [1.165, 1.54) is 12.8 Å². The van der Waals surface area contributed by atoms with Crippen molar-refractivity contribution in [3.05, 3.63) is 24.3 Å². The third-order valence-electron chi connectivity index (χ3n) is 3.36. The van der Waals surface area contributed by atoms with Crippen LogP contribution in [0.2, 0.25) is 0 Å². The molecule has 0 heterocycles. The number of esters is 2. The van der Waals surface area contributed by atoms with Crippen molar-refractivity contribution in [1.82, 2.24) is 0 Å². The van der Waals surface area contributed by atoms with Gasteiger partial charge in [-0.25, -0.2) is 0 Å². The molecule has 0 aliphatic rings. The van der Waals surface area contributed by atoms with Crippen LogP contribution in [0.5, 0.6) is 11.5 Å². The lowest BCUT2D eigenvalue weighted by Gasteiger charge is -2.11. The Morgan fingerprint density at radius 2 is 1.48 bits per heavy atom. The highest BCUT2D eigenvalue weighted by molar-refractivity contribution is 5.76. The van der Waals surface area contributed by atoms with Crippen molar-refractivity contribution in [2.24, 2.45) is 5.92 Å². The molecule has 0 fully saturated rings. The minimum Gasteiger partial charge on any atom is -0.423 e. The fourth-order valence-corrected chi connectivity index (χ4v) is 2.16. The smallest absolute Gasteiger partial charge is 0.311 e. The van der Waals surface area contributed by atoms with Gasteiger partial charge in [-0.2, -0.15) is 0 Å². The molecule has 1 aromatic carbocycles. The molecule has 128 valence electrons. The number of rotatable bonds is 10. The predicted molar refractivity (Wildman–Crippen MR) is 90.5 cm³/mol. The first-order chi connectivity index (χ1) is 11.0. The lowest BCUT2D eigenvalue weighted by molar-refractivity contribution is -0.137. The summed E-state index contributed by atoms with van der Waals surface area (Å²) in [5.41, 5.74) is 0. The maximum absolute atomic E-state index is 11.9. The van der Waals surface area contributed by atoms with E-state index in [1.54, 1.807) is 24.3 Å². The first-order valence-corrected chi connectivity index (χ1v) is 8.53. The molecule has 0 radical (unpaired) electrons. The maximum Gasteiger partial charge on any atom is 0.311 e. The van der Waals surface area contributed by atoms with Gasteiger partial charge in [-0.1, -0.05) is 58.6 Å². The minimum atomic E-state index is -0.317. The van der Waals surface area contributed by atoms with Crippen LogP contribution >= 0.6 is 0 Å². The summed E-state index contributed by atoms with van der Waals surface area (Å²) in [6.45, 7) is 6.06. The number of carbonyl (C=O) groups excluding carboxylic acids is 2. The second-order valence-corrected chi connectivity index (χ2v) is 6.16. The molecule has 0 bridgehead atoms. The van der Waals surface area contributed by atoms with E-state index in [4.69, 9.17) is 9.47 Å². The van der Waals surface area contributed by atoms with Crippen LogP contribution in [0.4, 0.5) is 0 Å². The van der Waals surface area contributed by atoms with Crippen LogP contribution in [0.15, 0.2) is 24.3 Å². The fraction of sp³-hybridized carbons (Fsp3) is 0.579. The van der Waals surface area contributed by atoms with Crippen molar-refractivity contribution in [3.8, 4) is 11.5 Å². The van der Waals surface area contributed by atoms with Gasteiger partial charge in [-0.3, -0.25) is 9.59 Å². The molecule has 0 saturated heterocycles. The van der Waals surface area contributed by atoms with E-state index in [1.807, 2.05) is 13.8 Å². The number of ether oxygens (including phenoxy) is 2. The molecule has 0 saturated carbocycles. The lowest BCUT2D eigenvalue weighted by Crippen LogP contribution is -2.13. The first-order valence-electron chi connectivity index (χ1n) is 8.53. The molecule has 0 atom stereocenters. The Labute approximate surface area is 139 Å². The number of unbranched alkanes of at least 4 members (excludes halogenated alkanes) is 4. The molecule has 1 rings (SSSR count). The highest BCUT2D eigenvalue weighted by Crippen LogP contribution is 2.27. The van der Waals surface area contributed by atoms with E-state index in [-0.39, 0.29) is 17.9 Å². The summed E-state index contributed by atoms with van der Waals surface area (Å²) in [5.74, 6) is 0.234. The largest absolute Gasteiger partial charge is 0.423 e. The SMILES string of the molecule is CCCCCCCC(=O)Oc1ccccc1OC(=O)CC(C)C. The van der Waals surface area contributed by atoms with Crippen molar-refractivity contribution >= 4 is 11.9 Å². The van der Waals surface area contributed by atoms with Crippen LogP contribution in [-0.4, -0.2) is 11.9 Å². The summed E-state index contributed by atoms with van der Waals surface area (Å²) in [6, 6.07) is 6.79. The Hall–Kier alpha value is -1.84. The second kappa shape index (κ2) is 10.8. The lowest BCUT2D eigenvalue weighted by atomic mass is 10.1. The minimum absolute atomic E-state index is 0.223. The predicted octanol–water partition coefficient (Wildman–Crippen LogP) is 4.90. The molecule has 0 unspecified atom stereocenters. The summed E-state index contributed by atoms with van der Waals surface area (Å²) < 4.78 is 10.6. The van der Waals surface area contributed by atoms with Gasteiger partial charge >= 0.3 is 11.9 Å². The highest BCUT2D eigenvalue weighted by Gasteiger charge is 2.14. The van der Waals surface area contributed by atoms with Gasteiger partial charge in [0.15, 0.2) is 11.5 Å². The molecule has 0 aliphatic carbocycles. The van der Waals surface area contributed by atoms with Gasteiger partial charge in [0.25, 0.3) is 0 Å². The van der Waals surface area contributed by atoms with Crippen molar-refractivity contribution in [1.29, 1.82) is 0 Å². The summed E-state index contributed by atoms with van der Waals surface area (Å²) in [4.78, 5) is 23.7. The molecule has 23 heavy (non-hydrogen) atoms. The molecule has 0 spiro atoms. The van der Waals surface area contributed by atoms with E-state index in [0.29, 0.717) is 24.3 Å². The monoisotopic (exact) mass is 320 g/mol. The van der Waals surface area contributed by atoms with Crippen LogP contribution in [0.1, 0.15) is 65.7 Å². The average Bonchev–Trinajstić information content (AvgIpc) is 2.48. The van der Waals surface area contributed by atoms with Gasteiger partial charge in [0.1, 0.15) is 0 Å². The van der Waals surface area contributed by atoms with Crippen LogP contribution in [-0.2, 0) is 9.59 Å². The van der Waals surface area contributed by atoms with Crippen molar-refractivity contribution in [2.75, 3.05) is 0 Å². The van der Waals surface area contributed by atoms with E-state index in [0.717, 1.165) is 19.3 Å². The van der Waals surface area contributed by atoms with Crippen LogP contribution in [0, 0.1) is 5.92 Å². The summed E-state index contributed by atoms with van der Waals surface area (Å²) >= 11 is 0. The Bertz CT molecular complexity index is 494. The van der Waals surface area contributed by atoms with Gasteiger partial charge < -0.3 is 9.47 Å². The molecule has 0 amide bonds. The number of hydrogen-bond acceptors (Lipinski definition) is 4. The maximum atomic E-state index is 11.9. The van der Waals surface area contributed by atoms with E-state index < -0.39 is 0 Å². The average molecular weight is 320 g/mol. The molecule has 0 N–H and O–H groups in total. The zero-order chi connectivity index (χ0) is 17.1. The van der Waals surface area contributed by atoms with Gasteiger partial charge in [0, 0.05) is 12.8 Å². The molecule has 0 aromatic heterocycles. The summed E-state index contributed by atoms with van der Waals surface area (Å²) in [5, 5.41) is 0. The second-order valence-electron chi connectivity index (χ2n) is 6.16. The first kappa shape index (κ1) is 19.2. The number of hydrogen-bond donors (Lipinski definition) is 0. The van der Waals surface area contributed by atoms with Gasteiger partial charge in [-0.15, -0.1) is 0 Å². The quantitative estimate of drug-likeness (QED) is 0.349. The van der Waals surface area contributed by atoms with Gasteiger partial charge in [0.2, 0.25) is 0 Å². The Morgan fingerprint density at radius 1 is 0.913 bits per heavy atom. The highest BCUT2D eigenvalue weighted by atomic mass is 16.6. The normalized spacial score (nSPS) is 10.6. The molecule has 0 aliphatic heterocycles. The van der Waals surface area contributed by atoms with Crippen LogP contribution in [0.25, 0.3) is 0 Å². The standard InChI is InChI=1S/C19H28O4/c1-4-5-6-7-8-13-18(20)22-16-11-9-10-12-17(16)23-19(21)14-15(2)3/h9-12,15H,4-8,13-14H2,1-3H3. The van der Waals surface area contributed by atoms with E-state index >= 15 is 0 Å². The molecule has 4 nitrogen and oxygen atoms in total. The molecular formula is C19H28O4. The summed E-state index contributed by atoms with van der Waals surface area (Å²) in [7, 11) is 0. The van der Waals surface area contributed by atoms with Crippen LogP contribution < -0.4 is 9.47 Å². The Morgan fingerprint density at radius 3 is 2.04 bits per heavy atom.